The number of amides is 1. The van der Waals surface area contributed by atoms with Gasteiger partial charge in [-0.2, -0.15) is 5.10 Å². The van der Waals surface area contributed by atoms with Gasteiger partial charge in [0.15, 0.2) is 0 Å². The normalized spacial score (nSPS) is 10.5. The van der Waals surface area contributed by atoms with Gasteiger partial charge >= 0.3 is 0 Å². The van der Waals surface area contributed by atoms with Crippen molar-refractivity contribution in [2.75, 3.05) is 13.2 Å². The zero-order valence-electron chi connectivity index (χ0n) is 12.5. The molecule has 1 aromatic heterocycles. The molecule has 0 fully saturated rings. The third-order valence-electron chi connectivity index (χ3n) is 3.46. The Bertz CT molecular complexity index is 797. The number of hydrogen-bond donors (Lipinski definition) is 2. The van der Waals surface area contributed by atoms with Crippen molar-refractivity contribution in [1.29, 1.82) is 0 Å². The summed E-state index contributed by atoms with van der Waals surface area (Å²) in [6.07, 6.45) is 1.74. The van der Waals surface area contributed by atoms with Crippen molar-refractivity contribution in [3.63, 3.8) is 0 Å². The maximum absolute atomic E-state index is 12.0. The first-order valence-corrected chi connectivity index (χ1v) is 7.38. The molecule has 0 saturated heterocycles. The Balaban J connectivity index is 1.95. The van der Waals surface area contributed by atoms with Crippen LogP contribution in [0, 0.1) is 0 Å². The fourth-order valence-corrected chi connectivity index (χ4v) is 2.39. The minimum atomic E-state index is -0.214. The van der Waals surface area contributed by atoms with Crippen molar-refractivity contribution in [2.45, 2.75) is 0 Å². The Hall–Kier alpha value is -2.92. The third kappa shape index (κ3) is 3.30. The van der Waals surface area contributed by atoms with Gasteiger partial charge in [0, 0.05) is 17.7 Å². The number of benzene rings is 2. The second-order valence-electron chi connectivity index (χ2n) is 5.02. The second-order valence-corrected chi connectivity index (χ2v) is 5.02. The maximum Gasteiger partial charge on any atom is 0.251 e. The molecule has 0 unspecified atom stereocenters. The van der Waals surface area contributed by atoms with Gasteiger partial charge in [-0.25, -0.2) is 4.68 Å². The summed E-state index contributed by atoms with van der Waals surface area (Å²) in [5.74, 6) is -0.214. The smallest absolute Gasteiger partial charge is 0.251 e. The van der Waals surface area contributed by atoms with Gasteiger partial charge in [-0.3, -0.25) is 4.79 Å². The van der Waals surface area contributed by atoms with Gasteiger partial charge in [-0.15, -0.1) is 0 Å². The van der Waals surface area contributed by atoms with Crippen LogP contribution < -0.4 is 5.32 Å². The first kappa shape index (κ1) is 15.0. The van der Waals surface area contributed by atoms with Crippen LogP contribution in [0.3, 0.4) is 0 Å². The zero-order valence-corrected chi connectivity index (χ0v) is 12.5. The van der Waals surface area contributed by atoms with E-state index in [2.05, 4.69) is 10.4 Å². The van der Waals surface area contributed by atoms with Crippen LogP contribution in [-0.2, 0) is 0 Å². The molecule has 23 heavy (non-hydrogen) atoms. The Morgan fingerprint density at radius 2 is 1.91 bits per heavy atom. The molecule has 1 amide bonds. The van der Waals surface area contributed by atoms with E-state index in [0.717, 1.165) is 16.9 Å². The van der Waals surface area contributed by atoms with Crippen LogP contribution in [0.1, 0.15) is 10.4 Å². The first-order valence-electron chi connectivity index (χ1n) is 7.38. The first-order chi connectivity index (χ1) is 11.3. The number of aliphatic hydroxyl groups excluding tert-OH is 1. The van der Waals surface area contributed by atoms with Crippen LogP contribution in [0.4, 0.5) is 0 Å². The van der Waals surface area contributed by atoms with Crippen LogP contribution in [0.15, 0.2) is 66.9 Å². The third-order valence-corrected chi connectivity index (χ3v) is 3.46. The molecule has 3 aromatic rings. The minimum Gasteiger partial charge on any atom is -0.395 e. The van der Waals surface area contributed by atoms with Crippen LogP contribution in [0.2, 0.25) is 0 Å². The monoisotopic (exact) mass is 307 g/mol. The van der Waals surface area contributed by atoms with E-state index in [1.165, 1.54) is 0 Å². The molecule has 0 aliphatic carbocycles. The van der Waals surface area contributed by atoms with E-state index in [9.17, 15) is 4.79 Å². The summed E-state index contributed by atoms with van der Waals surface area (Å²) >= 11 is 0. The highest BCUT2D eigenvalue weighted by atomic mass is 16.3. The largest absolute Gasteiger partial charge is 0.395 e. The Morgan fingerprint density at radius 1 is 1.09 bits per heavy atom. The molecule has 0 aliphatic heterocycles. The highest BCUT2D eigenvalue weighted by molar-refractivity contribution is 5.94. The maximum atomic E-state index is 12.0. The lowest BCUT2D eigenvalue weighted by Gasteiger charge is -2.09. The standard InChI is InChI=1S/C18H17N3O2/c22-12-11-19-18(23)15-7-4-8-16(13-15)21-17(9-10-20-21)14-5-2-1-3-6-14/h1-10,13,22H,11-12H2,(H,19,23). The van der Waals surface area contributed by atoms with Crippen molar-refractivity contribution in [3.8, 4) is 16.9 Å². The summed E-state index contributed by atoms with van der Waals surface area (Å²) < 4.78 is 1.80. The van der Waals surface area contributed by atoms with E-state index in [1.54, 1.807) is 23.0 Å². The van der Waals surface area contributed by atoms with Gasteiger partial charge in [0.05, 0.1) is 24.2 Å². The predicted molar refractivity (Wildman–Crippen MR) is 88.4 cm³/mol. The molecule has 5 nitrogen and oxygen atoms in total. The molecular formula is C18H17N3O2. The number of rotatable bonds is 5. The lowest BCUT2D eigenvalue weighted by Crippen LogP contribution is -2.26. The molecule has 0 saturated carbocycles. The second kappa shape index (κ2) is 6.89. The van der Waals surface area contributed by atoms with Gasteiger partial charge in [-0.05, 0) is 24.3 Å². The number of aliphatic hydroxyl groups is 1. The number of carbonyl (C=O) groups is 1. The number of aromatic nitrogens is 2. The van der Waals surface area contributed by atoms with E-state index in [-0.39, 0.29) is 19.1 Å². The SMILES string of the molecule is O=C(NCCO)c1cccc(-n2nccc2-c2ccccc2)c1. The van der Waals surface area contributed by atoms with Crippen molar-refractivity contribution < 1.29 is 9.90 Å². The summed E-state index contributed by atoms with van der Waals surface area (Å²) in [5.41, 5.74) is 3.36. The molecule has 0 radical (unpaired) electrons. The topological polar surface area (TPSA) is 67.2 Å². The van der Waals surface area contributed by atoms with Gasteiger partial charge < -0.3 is 10.4 Å². The Morgan fingerprint density at radius 3 is 2.70 bits per heavy atom. The zero-order chi connectivity index (χ0) is 16.1. The molecular weight excluding hydrogens is 290 g/mol. The number of nitrogens with one attached hydrogen (secondary N) is 1. The molecule has 1 heterocycles. The van der Waals surface area contributed by atoms with Crippen molar-refractivity contribution in [1.82, 2.24) is 15.1 Å². The molecule has 0 bridgehead atoms. The average molecular weight is 307 g/mol. The van der Waals surface area contributed by atoms with E-state index < -0.39 is 0 Å². The Labute approximate surface area is 134 Å². The van der Waals surface area contributed by atoms with Crippen molar-refractivity contribution >= 4 is 5.91 Å². The quantitative estimate of drug-likeness (QED) is 0.760. The van der Waals surface area contributed by atoms with Crippen molar-refractivity contribution in [3.05, 3.63) is 72.4 Å². The van der Waals surface area contributed by atoms with Gasteiger partial charge in [0.2, 0.25) is 0 Å². The van der Waals surface area contributed by atoms with Gasteiger partial charge in [0.1, 0.15) is 0 Å². The summed E-state index contributed by atoms with van der Waals surface area (Å²) in [6.45, 7) is 0.156. The summed E-state index contributed by atoms with van der Waals surface area (Å²) in [7, 11) is 0. The number of hydrogen-bond acceptors (Lipinski definition) is 3. The van der Waals surface area contributed by atoms with Crippen LogP contribution in [0.25, 0.3) is 16.9 Å². The van der Waals surface area contributed by atoms with E-state index in [1.807, 2.05) is 48.5 Å². The molecule has 0 atom stereocenters. The van der Waals surface area contributed by atoms with Crippen LogP contribution >= 0.6 is 0 Å². The van der Waals surface area contributed by atoms with E-state index >= 15 is 0 Å². The molecule has 2 N–H and O–H groups in total. The summed E-state index contributed by atoms with van der Waals surface area (Å²) in [6, 6.07) is 19.1. The molecule has 5 heteroatoms. The average Bonchev–Trinajstić information content (AvgIpc) is 3.10. The van der Waals surface area contributed by atoms with Crippen LogP contribution in [0.5, 0.6) is 0 Å². The Kier molecular flexibility index (Phi) is 4.49. The molecule has 116 valence electrons. The molecule has 0 spiro atoms. The number of nitrogens with zero attached hydrogens (tertiary/aromatic N) is 2. The highest BCUT2D eigenvalue weighted by Gasteiger charge is 2.10. The van der Waals surface area contributed by atoms with Gasteiger partial charge in [-0.1, -0.05) is 36.4 Å². The summed E-state index contributed by atoms with van der Waals surface area (Å²) in [4.78, 5) is 12.0. The molecule has 2 aromatic carbocycles. The lowest BCUT2D eigenvalue weighted by molar-refractivity contribution is 0.0944. The van der Waals surface area contributed by atoms with E-state index in [0.29, 0.717) is 5.56 Å². The summed E-state index contributed by atoms with van der Waals surface area (Å²) in [5, 5.41) is 15.8. The van der Waals surface area contributed by atoms with Crippen LogP contribution in [-0.4, -0.2) is 33.9 Å². The van der Waals surface area contributed by atoms with Crippen molar-refractivity contribution in [2.24, 2.45) is 0 Å². The fourth-order valence-electron chi connectivity index (χ4n) is 2.39. The predicted octanol–water partition coefficient (Wildman–Crippen LogP) is 2.26. The number of carbonyl (C=O) groups excluding carboxylic acids is 1. The fraction of sp³-hybridized carbons (Fsp3) is 0.111. The van der Waals surface area contributed by atoms with E-state index in [4.69, 9.17) is 5.11 Å². The lowest BCUT2D eigenvalue weighted by atomic mass is 10.1. The molecule has 0 aliphatic rings. The molecule has 3 rings (SSSR count). The minimum absolute atomic E-state index is 0.0806. The highest BCUT2D eigenvalue weighted by Crippen LogP contribution is 2.22. The van der Waals surface area contributed by atoms with Gasteiger partial charge in [0.25, 0.3) is 5.91 Å².